The molecule has 1 aliphatic heterocycles. The number of guanidine groups is 1. The third kappa shape index (κ3) is 5.44. The molecule has 27 heavy (non-hydrogen) atoms. The van der Waals surface area contributed by atoms with Crippen molar-refractivity contribution in [1.29, 1.82) is 0 Å². The van der Waals surface area contributed by atoms with Gasteiger partial charge in [-0.15, -0.1) is 0 Å². The van der Waals surface area contributed by atoms with E-state index in [-0.39, 0.29) is 0 Å². The van der Waals surface area contributed by atoms with Gasteiger partial charge in [-0.1, -0.05) is 36.4 Å². The normalized spacial score (nSPS) is 17.7. The SMILES string of the molecule is CN=C(NCc1cccnc1OC)NCC1CCCN1Cc1ccccc1. The van der Waals surface area contributed by atoms with Crippen LogP contribution in [-0.2, 0) is 13.1 Å². The number of benzene rings is 1. The molecule has 1 aromatic heterocycles. The quantitative estimate of drug-likeness (QED) is 0.581. The Labute approximate surface area is 161 Å². The standard InChI is InChI=1S/C21H29N5O/c1-22-21(24-14-18-10-6-12-23-20(18)27-2)25-15-19-11-7-13-26(19)16-17-8-4-3-5-9-17/h3-6,8-10,12,19H,7,11,13-16H2,1-2H3,(H2,22,24,25). The Morgan fingerprint density at radius 3 is 2.85 bits per heavy atom. The van der Waals surface area contributed by atoms with Crippen LogP contribution in [0.15, 0.2) is 53.7 Å². The zero-order valence-electron chi connectivity index (χ0n) is 16.2. The Morgan fingerprint density at radius 2 is 2.07 bits per heavy atom. The predicted molar refractivity (Wildman–Crippen MR) is 109 cm³/mol. The van der Waals surface area contributed by atoms with Crippen molar-refractivity contribution in [3.63, 3.8) is 0 Å². The molecule has 0 spiro atoms. The summed E-state index contributed by atoms with van der Waals surface area (Å²) in [5, 5.41) is 6.82. The van der Waals surface area contributed by atoms with Crippen LogP contribution in [0.25, 0.3) is 0 Å². The number of rotatable bonds is 7. The van der Waals surface area contributed by atoms with Crippen molar-refractivity contribution < 1.29 is 4.74 Å². The maximum Gasteiger partial charge on any atom is 0.218 e. The highest BCUT2D eigenvalue weighted by Gasteiger charge is 2.24. The summed E-state index contributed by atoms with van der Waals surface area (Å²) in [6.45, 7) is 3.66. The molecule has 6 heteroatoms. The van der Waals surface area contributed by atoms with Gasteiger partial charge in [0.05, 0.1) is 7.11 Å². The van der Waals surface area contributed by atoms with E-state index in [9.17, 15) is 0 Å². The number of methoxy groups -OCH3 is 1. The molecule has 0 radical (unpaired) electrons. The summed E-state index contributed by atoms with van der Waals surface area (Å²) in [6, 6.07) is 15.1. The minimum absolute atomic E-state index is 0.525. The number of hydrogen-bond donors (Lipinski definition) is 2. The maximum atomic E-state index is 5.31. The van der Waals surface area contributed by atoms with Gasteiger partial charge in [-0.25, -0.2) is 4.98 Å². The van der Waals surface area contributed by atoms with Crippen molar-refractivity contribution in [3.05, 3.63) is 59.8 Å². The number of aromatic nitrogens is 1. The van der Waals surface area contributed by atoms with Crippen molar-refractivity contribution in [2.24, 2.45) is 4.99 Å². The molecule has 1 aliphatic rings. The highest BCUT2D eigenvalue weighted by molar-refractivity contribution is 5.79. The Hall–Kier alpha value is -2.60. The molecule has 1 aromatic carbocycles. The molecule has 2 heterocycles. The van der Waals surface area contributed by atoms with E-state index >= 15 is 0 Å². The van der Waals surface area contributed by atoms with Gasteiger partial charge in [0.2, 0.25) is 5.88 Å². The fourth-order valence-corrected chi connectivity index (χ4v) is 3.51. The van der Waals surface area contributed by atoms with Gasteiger partial charge in [0.15, 0.2) is 5.96 Å². The van der Waals surface area contributed by atoms with Crippen molar-refractivity contribution >= 4 is 5.96 Å². The number of nitrogens with zero attached hydrogens (tertiary/aromatic N) is 3. The average Bonchev–Trinajstić information content (AvgIpc) is 3.16. The Morgan fingerprint density at radius 1 is 1.22 bits per heavy atom. The van der Waals surface area contributed by atoms with Crippen LogP contribution in [0.1, 0.15) is 24.0 Å². The van der Waals surface area contributed by atoms with Crippen molar-refractivity contribution in [3.8, 4) is 5.88 Å². The first-order valence-corrected chi connectivity index (χ1v) is 9.50. The van der Waals surface area contributed by atoms with E-state index in [1.165, 1.54) is 18.4 Å². The minimum Gasteiger partial charge on any atom is -0.481 e. The molecule has 1 saturated heterocycles. The molecule has 2 N–H and O–H groups in total. The number of aliphatic imine (C=N–C) groups is 1. The third-order valence-electron chi connectivity index (χ3n) is 4.95. The third-order valence-corrected chi connectivity index (χ3v) is 4.95. The second-order valence-corrected chi connectivity index (χ2v) is 6.73. The predicted octanol–water partition coefficient (Wildman–Crippen LogP) is 2.42. The molecule has 0 saturated carbocycles. The van der Waals surface area contributed by atoms with E-state index in [1.807, 2.05) is 12.1 Å². The van der Waals surface area contributed by atoms with Crippen LogP contribution in [0, 0.1) is 0 Å². The molecule has 1 unspecified atom stereocenters. The average molecular weight is 367 g/mol. The molecular weight excluding hydrogens is 338 g/mol. The Bertz CT molecular complexity index is 734. The fraction of sp³-hybridized carbons (Fsp3) is 0.429. The highest BCUT2D eigenvalue weighted by atomic mass is 16.5. The van der Waals surface area contributed by atoms with Gasteiger partial charge in [0.25, 0.3) is 0 Å². The maximum absolute atomic E-state index is 5.31. The summed E-state index contributed by atoms with van der Waals surface area (Å²) in [6.07, 6.45) is 4.20. The summed E-state index contributed by atoms with van der Waals surface area (Å²) in [7, 11) is 3.44. The molecule has 0 amide bonds. The molecule has 1 atom stereocenters. The summed E-state index contributed by atoms with van der Waals surface area (Å²) in [5.41, 5.74) is 2.38. The zero-order valence-corrected chi connectivity index (χ0v) is 16.2. The van der Waals surface area contributed by atoms with Crippen LogP contribution in [0.2, 0.25) is 0 Å². The summed E-state index contributed by atoms with van der Waals surface area (Å²) < 4.78 is 5.31. The van der Waals surface area contributed by atoms with Crippen molar-refractivity contribution in [2.45, 2.75) is 32.0 Å². The van der Waals surface area contributed by atoms with Gasteiger partial charge in [0.1, 0.15) is 0 Å². The molecule has 0 bridgehead atoms. The monoisotopic (exact) mass is 367 g/mol. The topological polar surface area (TPSA) is 61.8 Å². The van der Waals surface area contributed by atoms with E-state index in [1.54, 1.807) is 20.4 Å². The van der Waals surface area contributed by atoms with Gasteiger partial charge >= 0.3 is 0 Å². The largest absolute Gasteiger partial charge is 0.481 e. The minimum atomic E-state index is 0.525. The van der Waals surface area contributed by atoms with Crippen molar-refractivity contribution in [2.75, 3.05) is 27.2 Å². The number of pyridine rings is 1. The number of likely N-dealkylation sites (tertiary alicyclic amines) is 1. The lowest BCUT2D eigenvalue weighted by Crippen LogP contribution is -2.44. The van der Waals surface area contributed by atoms with E-state index in [2.05, 4.69) is 55.8 Å². The van der Waals surface area contributed by atoms with Gasteiger partial charge in [0, 0.05) is 44.5 Å². The Balaban J connectivity index is 1.50. The van der Waals surface area contributed by atoms with Crippen LogP contribution >= 0.6 is 0 Å². The second-order valence-electron chi connectivity index (χ2n) is 6.73. The Kier molecular flexibility index (Phi) is 7.04. The zero-order chi connectivity index (χ0) is 18.9. The second kappa shape index (κ2) is 9.92. The molecular formula is C21H29N5O. The fourth-order valence-electron chi connectivity index (χ4n) is 3.51. The van der Waals surface area contributed by atoms with E-state index in [4.69, 9.17) is 4.74 Å². The lowest BCUT2D eigenvalue weighted by atomic mass is 10.2. The molecule has 0 aliphatic carbocycles. The first-order valence-electron chi connectivity index (χ1n) is 9.50. The lowest BCUT2D eigenvalue weighted by Gasteiger charge is -2.25. The molecule has 3 rings (SSSR count). The molecule has 1 fully saturated rings. The lowest BCUT2D eigenvalue weighted by molar-refractivity contribution is 0.245. The highest BCUT2D eigenvalue weighted by Crippen LogP contribution is 2.19. The van der Waals surface area contributed by atoms with Gasteiger partial charge < -0.3 is 15.4 Å². The molecule has 2 aromatic rings. The summed E-state index contributed by atoms with van der Waals surface area (Å²) in [4.78, 5) is 11.1. The van der Waals surface area contributed by atoms with E-state index < -0.39 is 0 Å². The van der Waals surface area contributed by atoms with Gasteiger partial charge in [-0.2, -0.15) is 0 Å². The van der Waals surface area contributed by atoms with E-state index in [0.717, 1.165) is 31.2 Å². The molecule has 144 valence electrons. The van der Waals surface area contributed by atoms with E-state index in [0.29, 0.717) is 18.5 Å². The van der Waals surface area contributed by atoms with Crippen LogP contribution in [0.3, 0.4) is 0 Å². The number of nitrogens with one attached hydrogen (secondary N) is 2. The first kappa shape index (κ1) is 19.2. The number of ether oxygens (including phenoxy) is 1. The van der Waals surface area contributed by atoms with Crippen LogP contribution in [0.5, 0.6) is 5.88 Å². The molecule has 6 nitrogen and oxygen atoms in total. The smallest absolute Gasteiger partial charge is 0.218 e. The van der Waals surface area contributed by atoms with Crippen LogP contribution < -0.4 is 15.4 Å². The van der Waals surface area contributed by atoms with Crippen molar-refractivity contribution in [1.82, 2.24) is 20.5 Å². The summed E-state index contributed by atoms with van der Waals surface area (Å²) in [5.74, 6) is 1.44. The van der Waals surface area contributed by atoms with Gasteiger partial charge in [-0.3, -0.25) is 9.89 Å². The first-order chi connectivity index (χ1) is 13.3. The van der Waals surface area contributed by atoms with Crippen LogP contribution in [-0.4, -0.2) is 49.1 Å². The van der Waals surface area contributed by atoms with Gasteiger partial charge in [-0.05, 0) is 31.0 Å². The summed E-state index contributed by atoms with van der Waals surface area (Å²) >= 11 is 0. The number of hydrogen-bond acceptors (Lipinski definition) is 4. The van der Waals surface area contributed by atoms with Crippen LogP contribution in [0.4, 0.5) is 0 Å².